The van der Waals surface area contributed by atoms with Crippen molar-refractivity contribution >= 4 is 29.2 Å². The fourth-order valence-corrected chi connectivity index (χ4v) is 2.62. The third kappa shape index (κ3) is 4.85. The Kier molecular flexibility index (Phi) is 6.49. The number of hydrogen-bond acceptors (Lipinski definition) is 6. The maximum absolute atomic E-state index is 12.6. The lowest BCUT2D eigenvalue weighted by atomic mass is 10.1. The lowest BCUT2D eigenvalue weighted by Gasteiger charge is -2.16. The number of esters is 1. The SMILES string of the molecule is COc1ccccc1NC(=O)[C@@H](C)OC(=O)c1ccccc1NC(=O)c1ccco1. The molecule has 2 amide bonds. The van der Waals surface area contributed by atoms with Crippen LogP contribution in [-0.2, 0) is 9.53 Å². The van der Waals surface area contributed by atoms with Crippen molar-refractivity contribution in [3.63, 3.8) is 0 Å². The molecule has 1 aromatic heterocycles. The van der Waals surface area contributed by atoms with Crippen LogP contribution in [0, 0.1) is 0 Å². The molecule has 0 aliphatic rings. The van der Waals surface area contributed by atoms with E-state index in [1.165, 1.54) is 32.4 Å². The summed E-state index contributed by atoms with van der Waals surface area (Å²) in [5.74, 6) is -1.21. The summed E-state index contributed by atoms with van der Waals surface area (Å²) < 4.78 is 15.5. The number of nitrogens with one attached hydrogen (secondary N) is 2. The Morgan fingerprint density at radius 3 is 2.30 bits per heavy atom. The Labute approximate surface area is 172 Å². The van der Waals surface area contributed by atoms with E-state index in [9.17, 15) is 14.4 Å². The van der Waals surface area contributed by atoms with Crippen molar-refractivity contribution in [1.29, 1.82) is 0 Å². The van der Waals surface area contributed by atoms with Gasteiger partial charge >= 0.3 is 5.97 Å². The van der Waals surface area contributed by atoms with E-state index in [0.717, 1.165) is 0 Å². The predicted molar refractivity (Wildman–Crippen MR) is 110 cm³/mol. The van der Waals surface area contributed by atoms with Crippen molar-refractivity contribution in [2.75, 3.05) is 17.7 Å². The van der Waals surface area contributed by atoms with Crippen molar-refractivity contribution in [2.24, 2.45) is 0 Å². The monoisotopic (exact) mass is 408 g/mol. The highest BCUT2D eigenvalue weighted by molar-refractivity contribution is 6.07. The van der Waals surface area contributed by atoms with Gasteiger partial charge in [0, 0.05) is 0 Å². The molecule has 1 heterocycles. The molecular formula is C22H20N2O6. The Hall–Kier alpha value is -4.07. The first kappa shape index (κ1) is 20.7. The van der Waals surface area contributed by atoms with E-state index in [1.807, 2.05) is 0 Å². The van der Waals surface area contributed by atoms with Crippen LogP contribution < -0.4 is 15.4 Å². The summed E-state index contributed by atoms with van der Waals surface area (Å²) in [6.07, 6.45) is 0.285. The van der Waals surface area contributed by atoms with Gasteiger partial charge in [-0.2, -0.15) is 0 Å². The van der Waals surface area contributed by atoms with Crippen LogP contribution in [0.3, 0.4) is 0 Å². The van der Waals surface area contributed by atoms with E-state index >= 15 is 0 Å². The maximum atomic E-state index is 12.6. The van der Waals surface area contributed by atoms with Crippen LogP contribution in [0.1, 0.15) is 27.8 Å². The van der Waals surface area contributed by atoms with E-state index in [2.05, 4.69) is 10.6 Å². The van der Waals surface area contributed by atoms with Gasteiger partial charge in [0.25, 0.3) is 11.8 Å². The van der Waals surface area contributed by atoms with Gasteiger partial charge in [0.2, 0.25) is 0 Å². The van der Waals surface area contributed by atoms with Gasteiger partial charge in [-0.1, -0.05) is 24.3 Å². The molecule has 8 nitrogen and oxygen atoms in total. The highest BCUT2D eigenvalue weighted by Gasteiger charge is 2.22. The standard InChI is InChI=1S/C22H20N2O6/c1-14(20(25)24-17-10-5-6-11-18(17)28-2)30-22(27)15-8-3-4-9-16(15)23-21(26)19-12-7-13-29-19/h3-14H,1-2H3,(H,23,26)(H,24,25)/t14-/m1/s1. The fraction of sp³-hybridized carbons (Fsp3) is 0.136. The zero-order valence-electron chi connectivity index (χ0n) is 16.4. The average molecular weight is 408 g/mol. The number of hydrogen-bond donors (Lipinski definition) is 2. The minimum Gasteiger partial charge on any atom is -0.495 e. The first-order chi connectivity index (χ1) is 14.5. The largest absolute Gasteiger partial charge is 0.495 e. The van der Waals surface area contributed by atoms with Crippen LogP contribution in [0.5, 0.6) is 5.75 Å². The second kappa shape index (κ2) is 9.42. The lowest BCUT2D eigenvalue weighted by Crippen LogP contribution is -2.30. The molecule has 0 aliphatic heterocycles. The molecular weight excluding hydrogens is 388 g/mol. The second-order valence-electron chi connectivity index (χ2n) is 6.21. The number of ether oxygens (including phenoxy) is 2. The Morgan fingerprint density at radius 2 is 1.60 bits per heavy atom. The van der Waals surface area contributed by atoms with Crippen molar-refractivity contribution < 1.29 is 28.3 Å². The van der Waals surface area contributed by atoms with Crippen LogP contribution in [-0.4, -0.2) is 31.0 Å². The molecule has 8 heteroatoms. The fourth-order valence-electron chi connectivity index (χ4n) is 2.62. The molecule has 2 N–H and O–H groups in total. The molecule has 0 bridgehead atoms. The van der Waals surface area contributed by atoms with E-state index in [0.29, 0.717) is 11.4 Å². The zero-order valence-corrected chi connectivity index (χ0v) is 16.4. The van der Waals surface area contributed by atoms with Gasteiger partial charge < -0.3 is 24.5 Å². The van der Waals surface area contributed by atoms with Crippen LogP contribution in [0.4, 0.5) is 11.4 Å². The van der Waals surface area contributed by atoms with Crippen LogP contribution in [0.2, 0.25) is 0 Å². The summed E-state index contributed by atoms with van der Waals surface area (Å²) in [5.41, 5.74) is 0.801. The predicted octanol–water partition coefficient (Wildman–Crippen LogP) is 3.72. The van der Waals surface area contributed by atoms with E-state index in [1.54, 1.807) is 48.5 Å². The quantitative estimate of drug-likeness (QED) is 0.577. The van der Waals surface area contributed by atoms with E-state index in [4.69, 9.17) is 13.9 Å². The minimum absolute atomic E-state index is 0.0997. The highest BCUT2D eigenvalue weighted by atomic mass is 16.5. The Morgan fingerprint density at radius 1 is 0.900 bits per heavy atom. The minimum atomic E-state index is -1.09. The van der Waals surface area contributed by atoms with Crippen molar-refractivity contribution in [2.45, 2.75) is 13.0 Å². The number of rotatable bonds is 7. The molecule has 0 radical (unpaired) electrons. The maximum Gasteiger partial charge on any atom is 0.341 e. The smallest absolute Gasteiger partial charge is 0.341 e. The molecule has 1 atom stereocenters. The highest BCUT2D eigenvalue weighted by Crippen LogP contribution is 2.24. The summed E-state index contributed by atoms with van der Waals surface area (Å²) in [6.45, 7) is 1.45. The third-order valence-corrected chi connectivity index (χ3v) is 4.16. The van der Waals surface area contributed by atoms with E-state index in [-0.39, 0.29) is 17.0 Å². The summed E-state index contributed by atoms with van der Waals surface area (Å²) in [4.78, 5) is 37.3. The van der Waals surface area contributed by atoms with Gasteiger partial charge in [-0.05, 0) is 43.3 Å². The number of furan rings is 1. The Bertz CT molecular complexity index is 1050. The molecule has 0 aliphatic carbocycles. The number of amides is 2. The number of methoxy groups -OCH3 is 1. The van der Waals surface area contributed by atoms with Gasteiger partial charge in [-0.3, -0.25) is 9.59 Å². The molecule has 0 saturated heterocycles. The van der Waals surface area contributed by atoms with Crippen LogP contribution >= 0.6 is 0 Å². The van der Waals surface area contributed by atoms with Crippen molar-refractivity contribution in [3.8, 4) is 5.75 Å². The second-order valence-corrected chi connectivity index (χ2v) is 6.21. The van der Waals surface area contributed by atoms with Crippen molar-refractivity contribution in [3.05, 3.63) is 78.3 Å². The number of benzene rings is 2. The first-order valence-corrected chi connectivity index (χ1v) is 9.08. The molecule has 3 aromatic rings. The molecule has 30 heavy (non-hydrogen) atoms. The normalized spacial score (nSPS) is 11.3. The molecule has 0 fully saturated rings. The van der Waals surface area contributed by atoms with Gasteiger partial charge in [-0.15, -0.1) is 0 Å². The van der Waals surface area contributed by atoms with E-state index < -0.39 is 23.9 Å². The van der Waals surface area contributed by atoms with Gasteiger partial charge in [-0.25, -0.2) is 4.79 Å². The lowest BCUT2D eigenvalue weighted by molar-refractivity contribution is -0.123. The molecule has 0 unspecified atom stereocenters. The molecule has 154 valence electrons. The topological polar surface area (TPSA) is 107 Å². The van der Waals surface area contributed by atoms with Crippen molar-refractivity contribution in [1.82, 2.24) is 0 Å². The number of para-hydroxylation sites is 3. The number of anilines is 2. The molecule has 0 saturated carbocycles. The van der Waals surface area contributed by atoms with Gasteiger partial charge in [0.1, 0.15) is 5.75 Å². The average Bonchev–Trinajstić information content (AvgIpc) is 3.29. The molecule has 3 rings (SSSR count). The van der Waals surface area contributed by atoms with Gasteiger partial charge in [0.05, 0.1) is 30.3 Å². The summed E-state index contributed by atoms with van der Waals surface area (Å²) in [5, 5.41) is 5.26. The van der Waals surface area contributed by atoms with Gasteiger partial charge in [0.15, 0.2) is 11.9 Å². The summed E-state index contributed by atoms with van der Waals surface area (Å²) in [7, 11) is 1.49. The first-order valence-electron chi connectivity index (χ1n) is 9.08. The number of carbonyl (C=O) groups excluding carboxylic acids is 3. The van der Waals surface area contributed by atoms with Crippen LogP contribution in [0.15, 0.2) is 71.3 Å². The summed E-state index contributed by atoms with van der Waals surface area (Å²) >= 11 is 0. The number of carbonyl (C=O) groups is 3. The third-order valence-electron chi connectivity index (χ3n) is 4.16. The zero-order chi connectivity index (χ0) is 21.5. The Balaban J connectivity index is 1.68. The molecule has 0 spiro atoms. The van der Waals surface area contributed by atoms with Crippen LogP contribution in [0.25, 0.3) is 0 Å². The summed E-state index contributed by atoms with van der Waals surface area (Å²) in [6, 6.07) is 16.3. The molecule has 2 aromatic carbocycles.